The molecule has 30 heavy (non-hydrogen) atoms. The summed E-state index contributed by atoms with van der Waals surface area (Å²) in [6, 6.07) is 0.990. The van der Waals surface area contributed by atoms with Crippen molar-refractivity contribution >= 4 is 22.6 Å². The van der Waals surface area contributed by atoms with E-state index in [1.165, 1.54) is 13.3 Å². The van der Waals surface area contributed by atoms with Crippen molar-refractivity contribution in [3.63, 3.8) is 0 Å². The Morgan fingerprint density at radius 1 is 1.30 bits per heavy atom. The number of aliphatic hydroxyl groups is 3. The Morgan fingerprint density at radius 3 is 2.57 bits per heavy atom. The number of rotatable bonds is 5. The third kappa shape index (κ3) is 3.30. The van der Waals surface area contributed by atoms with Crippen LogP contribution in [0.3, 0.4) is 0 Å². The van der Waals surface area contributed by atoms with Crippen molar-refractivity contribution in [3.05, 3.63) is 33.9 Å². The van der Waals surface area contributed by atoms with Crippen molar-refractivity contribution in [2.24, 2.45) is 5.92 Å². The van der Waals surface area contributed by atoms with Gasteiger partial charge in [0.05, 0.1) is 30.0 Å². The van der Waals surface area contributed by atoms with Crippen LogP contribution in [0.15, 0.2) is 17.1 Å². The molecule has 1 saturated heterocycles. The number of carbonyl (C=O) groups is 1. The quantitative estimate of drug-likeness (QED) is 0.517. The number of hydrogen-bond acceptors (Lipinski definition) is 7. The Balaban J connectivity index is 1.95. The van der Waals surface area contributed by atoms with E-state index in [2.05, 4.69) is 0 Å². The lowest BCUT2D eigenvalue weighted by molar-refractivity contribution is -0.120. The second-order valence-electron chi connectivity index (χ2n) is 7.83. The number of piperidine rings is 1. The highest BCUT2D eigenvalue weighted by Crippen LogP contribution is 2.44. The third-order valence-electron chi connectivity index (χ3n) is 5.89. The number of halogens is 1. The van der Waals surface area contributed by atoms with Crippen LogP contribution in [0.25, 0.3) is 10.9 Å². The zero-order valence-electron chi connectivity index (χ0n) is 16.3. The fourth-order valence-electron chi connectivity index (χ4n) is 4.19. The van der Waals surface area contributed by atoms with Crippen LogP contribution in [-0.2, 0) is 0 Å². The van der Waals surface area contributed by atoms with Crippen molar-refractivity contribution < 1.29 is 34.3 Å². The molecule has 10 heteroatoms. The third-order valence-corrected chi connectivity index (χ3v) is 5.89. The predicted molar refractivity (Wildman–Crippen MR) is 105 cm³/mol. The van der Waals surface area contributed by atoms with Crippen molar-refractivity contribution in [1.29, 1.82) is 0 Å². The molecule has 9 nitrogen and oxygen atoms in total. The van der Waals surface area contributed by atoms with E-state index in [1.54, 1.807) is 9.47 Å². The highest BCUT2D eigenvalue weighted by atomic mass is 19.1. The molecule has 2 aliphatic rings. The van der Waals surface area contributed by atoms with E-state index in [9.17, 15) is 30.0 Å². The van der Waals surface area contributed by atoms with Gasteiger partial charge in [-0.05, 0) is 25.3 Å². The Morgan fingerprint density at radius 2 is 2.00 bits per heavy atom. The number of aliphatic hydroxyl groups excluding tert-OH is 2. The van der Waals surface area contributed by atoms with Gasteiger partial charge in [0.2, 0.25) is 5.43 Å². The van der Waals surface area contributed by atoms with E-state index in [0.717, 1.165) is 18.9 Å². The molecule has 4 rings (SSSR count). The molecular formula is C20H23FN2O7. The van der Waals surface area contributed by atoms with Crippen LogP contribution in [0.2, 0.25) is 0 Å². The lowest BCUT2D eigenvalue weighted by atomic mass is 9.93. The number of pyridine rings is 1. The number of aromatic carboxylic acids is 1. The average molecular weight is 422 g/mol. The Kier molecular flexibility index (Phi) is 5.16. The molecule has 2 heterocycles. The number of aromatic nitrogens is 1. The van der Waals surface area contributed by atoms with E-state index in [1.807, 2.05) is 0 Å². The number of carboxylic acid groups (broad SMARTS) is 1. The number of fused-ring (bicyclic) bond motifs is 1. The summed E-state index contributed by atoms with van der Waals surface area (Å²) in [7, 11) is 1.34. The summed E-state index contributed by atoms with van der Waals surface area (Å²) >= 11 is 0. The number of benzene rings is 1. The number of ether oxygens (including phenoxy) is 1. The van der Waals surface area contributed by atoms with Crippen LogP contribution in [-0.4, -0.2) is 63.6 Å². The second-order valence-corrected chi connectivity index (χ2v) is 7.83. The number of hydrogen-bond donors (Lipinski definition) is 4. The van der Waals surface area contributed by atoms with Crippen molar-refractivity contribution in [1.82, 2.24) is 4.57 Å². The van der Waals surface area contributed by atoms with E-state index in [-0.39, 0.29) is 42.4 Å². The summed E-state index contributed by atoms with van der Waals surface area (Å²) in [5, 5.41) is 38.5. The normalized spacial score (nSPS) is 22.0. The fraction of sp³-hybridized carbons (Fsp3) is 0.500. The molecule has 0 spiro atoms. The van der Waals surface area contributed by atoms with Gasteiger partial charge in [0.25, 0.3) is 0 Å². The van der Waals surface area contributed by atoms with Crippen LogP contribution in [0.4, 0.5) is 10.1 Å². The number of methoxy groups -OCH3 is 1. The lowest BCUT2D eigenvalue weighted by Gasteiger charge is -2.39. The Bertz CT molecular complexity index is 1060. The van der Waals surface area contributed by atoms with Crippen LogP contribution >= 0.6 is 0 Å². The molecule has 4 N–H and O–H groups in total. The standard InChI is InChI=1S/C20H23FN2O7/c1-30-18-15-10(17(25)12(20(28)29)8-23(15)9-2-3-9)6-13(21)16(18)22-5-4-14(24)11(7-22)19(26)27/h6,8-9,11,14,19,24,26-27H,2-5,7H2,1H3,(H,28,29). The lowest BCUT2D eigenvalue weighted by Crippen LogP contribution is -2.48. The van der Waals surface area contributed by atoms with Gasteiger partial charge in [0.15, 0.2) is 17.9 Å². The minimum atomic E-state index is -1.78. The van der Waals surface area contributed by atoms with Crippen LogP contribution < -0.4 is 15.1 Å². The number of nitrogens with zero attached hydrogens (tertiary/aromatic N) is 2. The molecule has 1 aromatic carbocycles. The van der Waals surface area contributed by atoms with Gasteiger partial charge in [-0.15, -0.1) is 0 Å². The number of anilines is 1. The van der Waals surface area contributed by atoms with Gasteiger partial charge in [0, 0.05) is 25.3 Å². The van der Waals surface area contributed by atoms with Crippen molar-refractivity contribution in [2.75, 3.05) is 25.1 Å². The van der Waals surface area contributed by atoms with Crippen molar-refractivity contribution in [2.45, 2.75) is 37.7 Å². The maximum Gasteiger partial charge on any atom is 0.341 e. The van der Waals surface area contributed by atoms with E-state index in [4.69, 9.17) is 4.74 Å². The summed E-state index contributed by atoms with van der Waals surface area (Å²) < 4.78 is 22.4. The Labute approximate surface area is 170 Å². The van der Waals surface area contributed by atoms with Crippen LogP contribution in [0.1, 0.15) is 35.7 Å². The first-order valence-corrected chi connectivity index (χ1v) is 9.72. The molecular weight excluding hydrogens is 399 g/mol. The van der Waals surface area contributed by atoms with Crippen LogP contribution in [0, 0.1) is 11.7 Å². The van der Waals surface area contributed by atoms with E-state index < -0.39 is 41.1 Å². The molecule has 1 aliphatic heterocycles. The van der Waals surface area contributed by atoms with Gasteiger partial charge in [-0.25, -0.2) is 9.18 Å². The van der Waals surface area contributed by atoms with Gasteiger partial charge in [-0.2, -0.15) is 0 Å². The summed E-state index contributed by atoms with van der Waals surface area (Å²) in [6.07, 6.45) is 0.327. The highest BCUT2D eigenvalue weighted by molar-refractivity contribution is 5.97. The molecule has 0 amide bonds. The molecule has 2 unspecified atom stereocenters. The second kappa shape index (κ2) is 7.53. The minimum absolute atomic E-state index is 0.0198. The molecule has 2 atom stereocenters. The van der Waals surface area contributed by atoms with Gasteiger partial charge in [-0.1, -0.05) is 0 Å². The molecule has 1 aromatic heterocycles. The summed E-state index contributed by atoms with van der Waals surface area (Å²) in [6.45, 7) is 0.211. The molecule has 2 fully saturated rings. The summed E-state index contributed by atoms with van der Waals surface area (Å²) in [4.78, 5) is 25.8. The summed E-state index contributed by atoms with van der Waals surface area (Å²) in [5.41, 5.74) is -0.887. The smallest absolute Gasteiger partial charge is 0.341 e. The molecule has 1 aliphatic carbocycles. The maximum absolute atomic E-state index is 15.2. The molecule has 1 saturated carbocycles. The average Bonchev–Trinajstić information content (AvgIpc) is 3.53. The minimum Gasteiger partial charge on any atom is -0.492 e. The predicted octanol–water partition coefficient (Wildman–Crippen LogP) is 0.680. The maximum atomic E-state index is 15.2. The molecule has 0 radical (unpaired) electrons. The largest absolute Gasteiger partial charge is 0.492 e. The van der Waals surface area contributed by atoms with Crippen molar-refractivity contribution in [3.8, 4) is 5.75 Å². The van der Waals surface area contributed by atoms with E-state index in [0.29, 0.717) is 5.52 Å². The number of carboxylic acids is 1. The first-order valence-electron chi connectivity index (χ1n) is 9.72. The first kappa shape index (κ1) is 20.6. The van der Waals surface area contributed by atoms with Gasteiger partial charge < -0.3 is 34.6 Å². The van der Waals surface area contributed by atoms with E-state index >= 15 is 4.39 Å². The zero-order chi connectivity index (χ0) is 21.7. The first-order chi connectivity index (χ1) is 14.2. The monoisotopic (exact) mass is 422 g/mol. The zero-order valence-corrected chi connectivity index (χ0v) is 16.3. The molecule has 162 valence electrons. The summed E-state index contributed by atoms with van der Waals surface area (Å²) in [5.74, 6) is -3.00. The fourth-order valence-corrected chi connectivity index (χ4v) is 4.19. The van der Waals surface area contributed by atoms with Gasteiger partial charge >= 0.3 is 5.97 Å². The van der Waals surface area contributed by atoms with Gasteiger partial charge in [0.1, 0.15) is 11.3 Å². The van der Waals surface area contributed by atoms with Gasteiger partial charge in [-0.3, -0.25) is 4.79 Å². The Hall–Kier alpha value is -2.69. The van der Waals surface area contributed by atoms with Crippen LogP contribution in [0.5, 0.6) is 5.75 Å². The highest BCUT2D eigenvalue weighted by Gasteiger charge is 2.36. The molecule has 2 aromatic rings. The molecule has 0 bridgehead atoms. The SMILES string of the molecule is COc1c(N2CCC(O)C(C(O)O)C2)c(F)cc2c(=O)c(C(=O)O)cn(C3CC3)c12. The topological polar surface area (TPSA) is 132 Å².